The fourth-order valence-electron chi connectivity index (χ4n) is 3.12. The number of aromatic nitrogens is 1. The third-order valence-electron chi connectivity index (χ3n) is 5.04. The van der Waals surface area contributed by atoms with Crippen molar-refractivity contribution in [3.05, 3.63) is 88.6 Å². The fraction of sp³-hybridized carbons (Fsp3) is 0.200. The van der Waals surface area contributed by atoms with Gasteiger partial charge in [-0.25, -0.2) is 4.98 Å². The number of amides is 2. The van der Waals surface area contributed by atoms with Gasteiger partial charge in [0, 0.05) is 30.9 Å². The first-order valence-electron chi connectivity index (χ1n) is 10.6. The highest BCUT2D eigenvalue weighted by Crippen LogP contribution is 2.19. The molecular formula is C25H26ClN5O2. The smallest absolute Gasteiger partial charge is 0.258 e. The summed E-state index contributed by atoms with van der Waals surface area (Å²) in [5.41, 5.74) is 1.85. The van der Waals surface area contributed by atoms with Crippen molar-refractivity contribution in [1.82, 2.24) is 9.88 Å². The Morgan fingerprint density at radius 2 is 1.67 bits per heavy atom. The zero-order chi connectivity index (χ0) is 23.8. The van der Waals surface area contributed by atoms with Crippen LogP contribution in [-0.2, 0) is 0 Å². The number of carbonyl (C=O) groups is 2. The zero-order valence-corrected chi connectivity index (χ0v) is 19.3. The second-order valence-electron chi connectivity index (χ2n) is 7.52. The van der Waals surface area contributed by atoms with Crippen molar-refractivity contribution in [1.29, 1.82) is 5.41 Å². The molecule has 8 heteroatoms. The summed E-state index contributed by atoms with van der Waals surface area (Å²) < 4.78 is 0. The molecule has 0 unspecified atom stereocenters. The minimum atomic E-state index is -0.403. The Bertz CT molecular complexity index is 1130. The molecule has 0 aliphatic heterocycles. The van der Waals surface area contributed by atoms with Gasteiger partial charge >= 0.3 is 0 Å². The van der Waals surface area contributed by atoms with Crippen molar-refractivity contribution < 1.29 is 9.59 Å². The first-order valence-corrected chi connectivity index (χ1v) is 11.0. The Morgan fingerprint density at radius 1 is 0.970 bits per heavy atom. The number of carbonyl (C=O) groups excluding carboxylic acids is 2. The number of hydrogen-bond acceptors (Lipinski definition) is 4. The molecule has 1 heterocycles. The predicted molar refractivity (Wildman–Crippen MR) is 132 cm³/mol. The molecule has 3 N–H and O–H groups in total. The van der Waals surface area contributed by atoms with Crippen LogP contribution in [0.15, 0.2) is 66.9 Å². The van der Waals surface area contributed by atoms with Crippen LogP contribution < -0.4 is 10.6 Å². The monoisotopic (exact) mass is 463 g/mol. The third kappa shape index (κ3) is 6.40. The summed E-state index contributed by atoms with van der Waals surface area (Å²) in [6.45, 7) is 2.92. The second-order valence-corrected chi connectivity index (χ2v) is 7.95. The van der Waals surface area contributed by atoms with Gasteiger partial charge in [-0.05, 0) is 42.8 Å². The van der Waals surface area contributed by atoms with Crippen molar-refractivity contribution >= 4 is 40.8 Å². The Balaban J connectivity index is 1.70. The molecule has 7 nitrogen and oxygen atoms in total. The van der Waals surface area contributed by atoms with E-state index in [1.807, 2.05) is 11.9 Å². The lowest BCUT2D eigenvalue weighted by Gasteiger charge is -2.19. The Hall–Kier alpha value is -3.71. The highest BCUT2D eigenvalue weighted by atomic mass is 35.5. The maximum atomic E-state index is 12.8. The van der Waals surface area contributed by atoms with Crippen LogP contribution in [-0.4, -0.2) is 41.1 Å². The van der Waals surface area contributed by atoms with Crippen LogP contribution >= 0.6 is 11.6 Å². The SMILES string of the molecule is CCCCN(C)C(=N)c1ccc(C(=O)Nc2ccccc2C(=O)Nc2ccc(Cl)cn2)cc1. The lowest BCUT2D eigenvalue weighted by molar-refractivity contribution is 0.102. The summed E-state index contributed by atoms with van der Waals surface area (Å²) >= 11 is 5.83. The van der Waals surface area contributed by atoms with Gasteiger partial charge < -0.3 is 15.5 Å². The zero-order valence-electron chi connectivity index (χ0n) is 18.6. The molecule has 0 atom stereocenters. The first kappa shape index (κ1) is 23.9. The van der Waals surface area contributed by atoms with Crippen molar-refractivity contribution in [3.63, 3.8) is 0 Å². The predicted octanol–water partition coefficient (Wildman–Crippen LogP) is 5.30. The lowest BCUT2D eigenvalue weighted by Crippen LogP contribution is -2.27. The van der Waals surface area contributed by atoms with E-state index in [1.54, 1.807) is 60.7 Å². The van der Waals surface area contributed by atoms with Crippen LogP contribution in [0, 0.1) is 5.41 Å². The average molecular weight is 464 g/mol. The maximum Gasteiger partial charge on any atom is 0.258 e. The summed E-state index contributed by atoms with van der Waals surface area (Å²) in [4.78, 5) is 31.5. The Kier molecular flexibility index (Phi) is 8.16. The molecule has 2 aromatic carbocycles. The van der Waals surface area contributed by atoms with Crippen LogP contribution in [0.1, 0.15) is 46.0 Å². The molecule has 0 fully saturated rings. The van der Waals surface area contributed by atoms with Gasteiger partial charge in [0.1, 0.15) is 11.7 Å². The third-order valence-corrected chi connectivity index (χ3v) is 5.26. The van der Waals surface area contributed by atoms with E-state index in [0.717, 1.165) is 24.9 Å². The van der Waals surface area contributed by atoms with Gasteiger partial charge in [0.15, 0.2) is 0 Å². The maximum absolute atomic E-state index is 12.8. The van der Waals surface area contributed by atoms with Crippen LogP contribution in [0.25, 0.3) is 0 Å². The van der Waals surface area contributed by atoms with Gasteiger partial charge in [0.2, 0.25) is 0 Å². The van der Waals surface area contributed by atoms with E-state index in [2.05, 4.69) is 22.5 Å². The summed E-state index contributed by atoms with van der Waals surface area (Å²) in [5, 5.41) is 14.3. The van der Waals surface area contributed by atoms with Gasteiger partial charge in [0.05, 0.1) is 16.3 Å². The minimum absolute atomic E-state index is 0.304. The highest BCUT2D eigenvalue weighted by molar-refractivity contribution is 6.30. The molecule has 0 bridgehead atoms. The van der Waals surface area contributed by atoms with Crippen LogP contribution in [0.4, 0.5) is 11.5 Å². The molecule has 0 radical (unpaired) electrons. The molecule has 0 spiro atoms. The lowest BCUT2D eigenvalue weighted by atomic mass is 10.1. The molecule has 0 saturated heterocycles. The van der Waals surface area contributed by atoms with Gasteiger partial charge in [-0.3, -0.25) is 15.0 Å². The number of halogens is 1. The number of rotatable bonds is 8. The number of amidine groups is 1. The highest BCUT2D eigenvalue weighted by Gasteiger charge is 2.15. The number of hydrogen-bond donors (Lipinski definition) is 3. The van der Waals surface area contributed by atoms with Crippen LogP contribution in [0.2, 0.25) is 5.02 Å². The molecule has 2 amide bonds. The van der Waals surface area contributed by atoms with E-state index in [-0.39, 0.29) is 5.91 Å². The van der Waals surface area contributed by atoms with Gasteiger partial charge in [-0.15, -0.1) is 0 Å². The number of nitrogens with zero attached hydrogens (tertiary/aromatic N) is 2. The number of unbranched alkanes of at least 4 members (excludes halogenated alkanes) is 1. The number of benzene rings is 2. The number of pyridine rings is 1. The van der Waals surface area contributed by atoms with Crippen molar-refractivity contribution in [2.24, 2.45) is 0 Å². The minimum Gasteiger partial charge on any atom is -0.360 e. The van der Waals surface area contributed by atoms with E-state index in [0.29, 0.717) is 33.5 Å². The molecule has 0 aliphatic rings. The largest absolute Gasteiger partial charge is 0.360 e. The Labute approximate surface area is 198 Å². The fourth-order valence-corrected chi connectivity index (χ4v) is 3.24. The molecular weight excluding hydrogens is 438 g/mol. The Morgan fingerprint density at radius 3 is 2.33 bits per heavy atom. The normalized spacial score (nSPS) is 10.4. The summed E-state index contributed by atoms with van der Waals surface area (Å²) in [7, 11) is 1.89. The first-order chi connectivity index (χ1) is 15.9. The number of para-hydroxylation sites is 1. The standard InChI is InChI=1S/C25H26ClN5O2/c1-3-4-15-31(2)23(27)17-9-11-18(12-10-17)24(32)29-21-8-6-5-7-20(21)25(33)30-22-14-13-19(26)16-28-22/h5-14,16,27H,3-4,15H2,1-2H3,(H,29,32)(H,28,30,33). The molecule has 0 saturated carbocycles. The number of anilines is 2. The van der Waals surface area contributed by atoms with Gasteiger partial charge in [0.25, 0.3) is 11.8 Å². The summed E-state index contributed by atoms with van der Waals surface area (Å²) in [5.74, 6) is 0.0117. The van der Waals surface area contributed by atoms with E-state index in [9.17, 15) is 9.59 Å². The van der Waals surface area contributed by atoms with Crippen molar-refractivity contribution in [2.75, 3.05) is 24.2 Å². The van der Waals surface area contributed by atoms with Crippen molar-refractivity contribution in [3.8, 4) is 0 Å². The number of nitrogens with one attached hydrogen (secondary N) is 3. The van der Waals surface area contributed by atoms with Crippen molar-refractivity contribution in [2.45, 2.75) is 19.8 Å². The average Bonchev–Trinajstić information content (AvgIpc) is 2.83. The molecule has 0 aliphatic carbocycles. The molecule has 1 aromatic heterocycles. The van der Waals surface area contributed by atoms with Gasteiger partial charge in [-0.1, -0.05) is 49.2 Å². The summed E-state index contributed by atoms with van der Waals surface area (Å²) in [6.07, 6.45) is 3.52. The van der Waals surface area contributed by atoms with E-state index in [4.69, 9.17) is 17.0 Å². The van der Waals surface area contributed by atoms with Crippen LogP contribution in [0.5, 0.6) is 0 Å². The van der Waals surface area contributed by atoms with E-state index >= 15 is 0 Å². The molecule has 3 aromatic rings. The quantitative estimate of drug-likeness (QED) is 0.312. The molecule has 170 valence electrons. The topological polar surface area (TPSA) is 98.2 Å². The van der Waals surface area contributed by atoms with Crippen LogP contribution in [0.3, 0.4) is 0 Å². The second kappa shape index (κ2) is 11.2. The summed E-state index contributed by atoms with van der Waals surface area (Å²) in [6, 6.07) is 16.8. The van der Waals surface area contributed by atoms with E-state index in [1.165, 1.54) is 6.20 Å². The molecule has 33 heavy (non-hydrogen) atoms. The van der Waals surface area contributed by atoms with Gasteiger partial charge in [-0.2, -0.15) is 0 Å². The molecule has 3 rings (SSSR count). The van der Waals surface area contributed by atoms with E-state index < -0.39 is 5.91 Å².